The van der Waals surface area contributed by atoms with Crippen molar-refractivity contribution in [3.8, 4) is 0 Å². The number of hydrogen-bond acceptors (Lipinski definition) is 1. The molecule has 164 valence electrons. The van der Waals surface area contributed by atoms with Gasteiger partial charge in [-0.25, -0.2) is 9.48 Å². The highest BCUT2D eigenvalue weighted by Crippen LogP contribution is 2.46. The molecule has 4 aromatic rings. The average molecular weight is 432 g/mol. The van der Waals surface area contributed by atoms with Crippen molar-refractivity contribution in [2.75, 3.05) is 4.90 Å². The van der Waals surface area contributed by atoms with Crippen LogP contribution < -0.4 is 4.90 Å². The van der Waals surface area contributed by atoms with E-state index in [9.17, 15) is 0 Å². The summed E-state index contributed by atoms with van der Waals surface area (Å²) in [5, 5.41) is 0. The number of aryl methyl sites for hydroxylation is 2. The molecule has 0 amide bonds. The van der Waals surface area contributed by atoms with Crippen molar-refractivity contribution in [3.63, 3.8) is 0 Å². The van der Waals surface area contributed by atoms with Gasteiger partial charge in [0.25, 0.3) is 0 Å². The van der Waals surface area contributed by atoms with E-state index in [2.05, 4.69) is 139 Å². The van der Waals surface area contributed by atoms with Gasteiger partial charge in [-0.3, -0.25) is 0 Å². The predicted octanol–water partition coefficient (Wildman–Crippen LogP) is 7.49. The number of anilines is 1. The Hall–Kier alpha value is -3.65. The maximum Gasteiger partial charge on any atom is 0.245 e. The fourth-order valence-corrected chi connectivity index (χ4v) is 5.12. The summed E-state index contributed by atoms with van der Waals surface area (Å²) in [5.41, 5.74) is 7.95. The minimum Gasteiger partial charge on any atom is -0.222 e. The highest BCUT2D eigenvalue weighted by atomic mass is 15.3. The lowest BCUT2D eigenvalue weighted by atomic mass is 9.91. The lowest BCUT2D eigenvalue weighted by Gasteiger charge is -2.25. The lowest BCUT2D eigenvalue weighted by Crippen LogP contribution is -2.26. The summed E-state index contributed by atoms with van der Waals surface area (Å²) in [6.45, 7) is 4.48. The Morgan fingerprint density at radius 3 is 1.82 bits per heavy atom. The Bertz CT molecular complexity index is 1240. The Morgan fingerprint density at radius 2 is 1.15 bits per heavy atom. The molecule has 33 heavy (non-hydrogen) atoms. The second-order valence-corrected chi connectivity index (χ2v) is 8.61. The zero-order valence-electron chi connectivity index (χ0n) is 19.4. The Labute approximate surface area is 197 Å². The number of rotatable bonds is 6. The van der Waals surface area contributed by atoms with Crippen LogP contribution in [0.3, 0.4) is 0 Å². The van der Waals surface area contributed by atoms with Crippen LogP contribution in [0, 0.1) is 0 Å². The fraction of sp³-hybridized carbons (Fsp3) is 0.194. The normalized spacial score (nSPS) is 17.8. The molecule has 0 bridgehead atoms. The van der Waals surface area contributed by atoms with Gasteiger partial charge in [-0.2, -0.15) is 0 Å². The molecule has 0 N–H and O–H groups in total. The molecule has 1 heterocycles. The molecule has 2 heteroatoms. The number of para-hydroxylation sites is 2. The highest BCUT2D eigenvalue weighted by Gasteiger charge is 2.46. The molecule has 0 aromatic heterocycles. The van der Waals surface area contributed by atoms with Gasteiger partial charge in [0.05, 0.1) is 0 Å². The SMILES string of the molecule is CCc1ccccc1N1C=[N+](c2ccccc2CC)[C@H](c2ccccc2)[C@H]1c1ccccc1. The van der Waals surface area contributed by atoms with Gasteiger partial charge >= 0.3 is 0 Å². The summed E-state index contributed by atoms with van der Waals surface area (Å²) in [7, 11) is 0. The molecule has 2 atom stereocenters. The van der Waals surface area contributed by atoms with E-state index in [1.807, 2.05) is 0 Å². The predicted molar refractivity (Wildman–Crippen MR) is 138 cm³/mol. The maximum atomic E-state index is 2.50. The van der Waals surface area contributed by atoms with E-state index < -0.39 is 0 Å². The van der Waals surface area contributed by atoms with Crippen molar-refractivity contribution in [2.45, 2.75) is 38.8 Å². The molecule has 0 spiro atoms. The van der Waals surface area contributed by atoms with Gasteiger partial charge in [-0.1, -0.05) is 111 Å². The Kier molecular flexibility index (Phi) is 6.08. The number of nitrogens with zero attached hydrogens (tertiary/aromatic N) is 2. The van der Waals surface area contributed by atoms with E-state index in [-0.39, 0.29) is 12.1 Å². The van der Waals surface area contributed by atoms with Crippen molar-refractivity contribution in [1.82, 2.24) is 0 Å². The Balaban J connectivity index is 1.77. The summed E-state index contributed by atoms with van der Waals surface area (Å²) in [5.74, 6) is 0. The van der Waals surface area contributed by atoms with Gasteiger partial charge < -0.3 is 0 Å². The van der Waals surface area contributed by atoms with Gasteiger partial charge in [-0.15, -0.1) is 0 Å². The van der Waals surface area contributed by atoms with E-state index in [1.54, 1.807) is 0 Å². The standard InChI is InChI=1S/C31H31N2/c1-3-24-15-11-13-21-28(24)32-23-33(29-22-14-12-16-25(29)4-2)31(27-19-9-6-10-20-27)30(32)26-17-7-5-8-18-26/h5-23,30-31H,3-4H2,1-2H3/q+1/t30-,31-/m1/s1. The summed E-state index contributed by atoms with van der Waals surface area (Å²) < 4.78 is 2.50. The molecule has 1 aliphatic rings. The van der Waals surface area contributed by atoms with Gasteiger partial charge in [0.15, 0.2) is 12.1 Å². The van der Waals surface area contributed by atoms with Crippen LogP contribution in [0.15, 0.2) is 109 Å². The van der Waals surface area contributed by atoms with Crippen molar-refractivity contribution < 1.29 is 4.58 Å². The molecule has 0 saturated heterocycles. The van der Waals surface area contributed by atoms with E-state index in [1.165, 1.54) is 33.6 Å². The smallest absolute Gasteiger partial charge is 0.222 e. The number of hydrogen-bond donors (Lipinski definition) is 0. The second-order valence-electron chi connectivity index (χ2n) is 8.61. The monoisotopic (exact) mass is 431 g/mol. The van der Waals surface area contributed by atoms with Crippen LogP contribution in [0.1, 0.15) is 48.2 Å². The maximum absolute atomic E-state index is 2.50. The molecule has 1 aliphatic heterocycles. The second kappa shape index (κ2) is 9.46. The summed E-state index contributed by atoms with van der Waals surface area (Å²) in [6, 6.07) is 39.9. The van der Waals surface area contributed by atoms with Crippen LogP contribution in [0.25, 0.3) is 0 Å². The Morgan fingerprint density at radius 1 is 0.606 bits per heavy atom. The third kappa shape index (κ3) is 3.98. The quantitative estimate of drug-likeness (QED) is 0.287. The van der Waals surface area contributed by atoms with Crippen molar-refractivity contribution in [2.24, 2.45) is 0 Å². The molecule has 5 rings (SSSR count). The highest BCUT2D eigenvalue weighted by molar-refractivity contribution is 5.82. The van der Waals surface area contributed by atoms with Crippen molar-refractivity contribution in [3.05, 3.63) is 131 Å². The molecule has 0 saturated carbocycles. The third-order valence-corrected chi connectivity index (χ3v) is 6.73. The minimum absolute atomic E-state index is 0.159. The number of benzene rings is 4. The minimum atomic E-state index is 0.159. The van der Waals surface area contributed by atoms with Gasteiger partial charge in [0.2, 0.25) is 6.34 Å². The average Bonchev–Trinajstić information content (AvgIpc) is 3.30. The molecule has 0 aliphatic carbocycles. The molecule has 0 radical (unpaired) electrons. The zero-order valence-corrected chi connectivity index (χ0v) is 19.4. The molecular formula is C31H31N2+. The summed E-state index contributed by atoms with van der Waals surface area (Å²) in [6.07, 6.45) is 4.35. The largest absolute Gasteiger partial charge is 0.245 e. The summed E-state index contributed by atoms with van der Waals surface area (Å²) >= 11 is 0. The molecular weight excluding hydrogens is 400 g/mol. The fourth-order valence-electron chi connectivity index (χ4n) is 5.12. The van der Waals surface area contributed by atoms with Crippen LogP contribution in [0.5, 0.6) is 0 Å². The molecule has 0 unspecified atom stereocenters. The van der Waals surface area contributed by atoms with Crippen LogP contribution in [-0.4, -0.2) is 10.9 Å². The van der Waals surface area contributed by atoms with Crippen molar-refractivity contribution >= 4 is 17.7 Å². The van der Waals surface area contributed by atoms with E-state index in [0.717, 1.165) is 12.8 Å². The first-order chi connectivity index (χ1) is 16.3. The van der Waals surface area contributed by atoms with E-state index >= 15 is 0 Å². The van der Waals surface area contributed by atoms with Crippen LogP contribution in [0.2, 0.25) is 0 Å². The molecule has 2 nitrogen and oxygen atoms in total. The molecule has 4 aromatic carbocycles. The van der Waals surface area contributed by atoms with Crippen LogP contribution in [0.4, 0.5) is 11.4 Å². The van der Waals surface area contributed by atoms with Crippen LogP contribution in [-0.2, 0) is 12.8 Å². The van der Waals surface area contributed by atoms with Gasteiger partial charge in [0, 0.05) is 11.1 Å². The first-order valence-electron chi connectivity index (χ1n) is 12.0. The zero-order chi connectivity index (χ0) is 22.6. The van der Waals surface area contributed by atoms with Gasteiger partial charge in [-0.05, 0) is 36.1 Å². The first kappa shape index (κ1) is 21.2. The van der Waals surface area contributed by atoms with Crippen molar-refractivity contribution in [1.29, 1.82) is 0 Å². The van der Waals surface area contributed by atoms with Gasteiger partial charge in [0.1, 0.15) is 11.4 Å². The first-order valence-corrected chi connectivity index (χ1v) is 12.0. The van der Waals surface area contributed by atoms with E-state index in [4.69, 9.17) is 0 Å². The van der Waals surface area contributed by atoms with E-state index in [0.29, 0.717) is 0 Å². The van der Waals surface area contributed by atoms with Crippen LogP contribution >= 0.6 is 0 Å². The lowest BCUT2D eigenvalue weighted by molar-refractivity contribution is -0.482. The molecule has 0 fully saturated rings. The topological polar surface area (TPSA) is 6.25 Å². The third-order valence-electron chi connectivity index (χ3n) is 6.73. The summed E-state index contributed by atoms with van der Waals surface area (Å²) in [4.78, 5) is 2.50.